The molecule has 5 N–H and O–H groups in total. The number of amides is 3. The lowest BCUT2D eigenvalue weighted by Gasteiger charge is -2.38. The van der Waals surface area contributed by atoms with Crippen LogP contribution in [0.4, 0.5) is 17.1 Å². The Kier molecular flexibility index (Phi) is 10.9. The number of aryl methyl sites for hydroxylation is 1. The van der Waals surface area contributed by atoms with Crippen molar-refractivity contribution in [1.82, 2.24) is 14.4 Å². The second kappa shape index (κ2) is 15.7. The molecule has 0 saturated heterocycles. The second-order valence-corrected chi connectivity index (χ2v) is 13.8. The summed E-state index contributed by atoms with van der Waals surface area (Å²) in [5, 5.41) is 16.9. The highest BCUT2D eigenvalue weighted by atomic mass is 16.5. The number of fused-ring (bicyclic) bond motifs is 2. The SMILES string of the molecule is C[C@H](CO)N1C[C@H](C)[C@@H](CN(C)Cc2ccc(C(=O)Nc3ccccc3N)cc2)Oc2ccc(NC(=O)Cc3cn(C)c4ccccc34)cc2C1=O. The van der Waals surface area contributed by atoms with Crippen molar-refractivity contribution in [2.45, 2.75) is 39.0 Å². The number of hydrogen-bond donors (Lipinski definition) is 4. The predicted molar refractivity (Wildman–Crippen MR) is 204 cm³/mol. The molecule has 6 rings (SSSR count). The quantitative estimate of drug-likeness (QED) is 0.132. The molecule has 0 saturated carbocycles. The molecule has 0 bridgehead atoms. The first-order valence-electron chi connectivity index (χ1n) is 17.5. The van der Waals surface area contributed by atoms with Gasteiger partial charge in [0.1, 0.15) is 11.9 Å². The van der Waals surface area contributed by atoms with Gasteiger partial charge in [0.05, 0.1) is 36.0 Å². The van der Waals surface area contributed by atoms with E-state index in [1.54, 1.807) is 47.4 Å². The van der Waals surface area contributed by atoms with Crippen molar-refractivity contribution in [3.05, 3.63) is 119 Å². The molecule has 3 amide bonds. The number of benzene rings is 4. The number of aromatic nitrogens is 1. The molecule has 1 aromatic heterocycles. The van der Waals surface area contributed by atoms with Gasteiger partial charge in [-0.25, -0.2) is 0 Å². The molecule has 52 heavy (non-hydrogen) atoms. The molecule has 0 radical (unpaired) electrons. The number of nitrogens with two attached hydrogens (primary N) is 1. The number of nitrogen functional groups attached to an aromatic ring is 1. The van der Waals surface area contributed by atoms with Crippen LogP contribution in [0, 0.1) is 5.92 Å². The summed E-state index contributed by atoms with van der Waals surface area (Å²) in [5.41, 5.74) is 11.4. The normalized spacial score (nSPS) is 16.5. The van der Waals surface area contributed by atoms with E-state index in [0.717, 1.165) is 22.0 Å². The average molecular weight is 703 g/mol. The van der Waals surface area contributed by atoms with Gasteiger partial charge < -0.3 is 35.7 Å². The van der Waals surface area contributed by atoms with Crippen LogP contribution in [0.2, 0.25) is 0 Å². The largest absolute Gasteiger partial charge is 0.488 e. The van der Waals surface area contributed by atoms with E-state index in [2.05, 4.69) is 15.5 Å². The van der Waals surface area contributed by atoms with Gasteiger partial charge in [-0.1, -0.05) is 49.4 Å². The van der Waals surface area contributed by atoms with Crippen molar-refractivity contribution in [2.24, 2.45) is 13.0 Å². The second-order valence-electron chi connectivity index (χ2n) is 13.8. The van der Waals surface area contributed by atoms with E-state index in [4.69, 9.17) is 10.5 Å². The lowest BCUT2D eigenvalue weighted by atomic mass is 9.99. The number of carbonyl (C=O) groups excluding carboxylic acids is 3. The molecule has 11 heteroatoms. The third-order valence-electron chi connectivity index (χ3n) is 9.65. The Morgan fingerprint density at radius 3 is 2.50 bits per heavy atom. The molecule has 0 fully saturated rings. The monoisotopic (exact) mass is 702 g/mol. The summed E-state index contributed by atoms with van der Waals surface area (Å²) in [5.74, 6) is -0.341. The minimum Gasteiger partial charge on any atom is -0.488 e. The summed E-state index contributed by atoms with van der Waals surface area (Å²) in [6.45, 7) is 5.21. The Morgan fingerprint density at radius 2 is 1.75 bits per heavy atom. The minimum atomic E-state index is -0.419. The topological polar surface area (TPSA) is 142 Å². The number of carbonyl (C=O) groups is 3. The fourth-order valence-corrected chi connectivity index (χ4v) is 6.71. The fraction of sp³-hybridized carbons (Fsp3) is 0.293. The number of nitrogens with zero attached hydrogens (tertiary/aromatic N) is 3. The van der Waals surface area contributed by atoms with Crippen LogP contribution in [0.3, 0.4) is 0 Å². The number of hydrogen-bond acceptors (Lipinski definition) is 7. The van der Waals surface area contributed by atoms with Crippen molar-refractivity contribution in [3.63, 3.8) is 0 Å². The summed E-state index contributed by atoms with van der Waals surface area (Å²) in [4.78, 5) is 43.8. The van der Waals surface area contributed by atoms with Gasteiger partial charge in [-0.3, -0.25) is 19.3 Å². The first-order chi connectivity index (χ1) is 25.0. The fourth-order valence-electron chi connectivity index (χ4n) is 6.71. The maximum absolute atomic E-state index is 14.0. The van der Waals surface area contributed by atoms with Crippen LogP contribution in [0.15, 0.2) is 97.2 Å². The van der Waals surface area contributed by atoms with Crippen molar-refractivity contribution in [1.29, 1.82) is 0 Å². The van der Waals surface area contributed by atoms with Gasteiger partial charge in [-0.15, -0.1) is 0 Å². The summed E-state index contributed by atoms with van der Waals surface area (Å²) in [6, 6.07) is 27.3. The van der Waals surface area contributed by atoms with Crippen molar-refractivity contribution in [3.8, 4) is 5.75 Å². The molecule has 0 spiro atoms. The van der Waals surface area contributed by atoms with Crippen molar-refractivity contribution >= 4 is 45.7 Å². The molecule has 4 aromatic carbocycles. The van der Waals surface area contributed by atoms with E-state index in [0.29, 0.717) is 53.6 Å². The lowest BCUT2D eigenvalue weighted by molar-refractivity contribution is -0.115. The molecular weight excluding hydrogens is 656 g/mol. The van der Waals surface area contributed by atoms with Gasteiger partial charge in [-0.2, -0.15) is 0 Å². The molecule has 3 atom stereocenters. The Balaban J connectivity index is 1.15. The lowest BCUT2D eigenvalue weighted by Crippen LogP contribution is -2.49. The van der Waals surface area contributed by atoms with Crippen LogP contribution in [-0.4, -0.2) is 76.1 Å². The summed E-state index contributed by atoms with van der Waals surface area (Å²) < 4.78 is 8.59. The predicted octanol–water partition coefficient (Wildman–Crippen LogP) is 5.55. The van der Waals surface area contributed by atoms with Crippen molar-refractivity contribution in [2.75, 3.05) is 43.1 Å². The molecule has 2 heterocycles. The number of ether oxygens (including phenoxy) is 1. The summed E-state index contributed by atoms with van der Waals surface area (Å²) >= 11 is 0. The van der Waals surface area contributed by atoms with Gasteiger partial charge in [0.25, 0.3) is 11.8 Å². The standard InChI is InChI=1S/C41H46N6O5/c1-26-21-47(27(2)25-48)41(51)33-20-31(43-39(49)19-30-23-46(4)36-12-8-5-9-32(30)36)17-18-37(33)52-38(26)24-45(3)22-28-13-15-29(16-14-28)40(50)44-35-11-7-6-10-34(35)42/h5-18,20,23,26-27,38,48H,19,21-22,24-25,42H2,1-4H3,(H,43,49)(H,44,50)/t26-,27+,38+/m0/s1. The number of likely N-dealkylation sites (N-methyl/N-ethyl adjacent to an activating group) is 1. The minimum absolute atomic E-state index is 0.0647. The number of aliphatic hydroxyl groups excluding tert-OH is 1. The van der Waals surface area contributed by atoms with E-state index in [-0.39, 0.29) is 42.8 Å². The zero-order chi connectivity index (χ0) is 36.9. The summed E-state index contributed by atoms with van der Waals surface area (Å²) in [7, 11) is 3.96. The van der Waals surface area contributed by atoms with E-state index in [9.17, 15) is 19.5 Å². The molecule has 5 aromatic rings. The van der Waals surface area contributed by atoms with E-state index >= 15 is 0 Å². The molecule has 0 unspecified atom stereocenters. The third-order valence-corrected chi connectivity index (χ3v) is 9.65. The average Bonchev–Trinajstić information content (AvgIpc) is 3.45. The van der Waals surface area contributed by atoms with Crippen LogP contribution in [0.5, 0.6) is 5.75 Å². The number of anilines is 3. The molecule has 1 aliphatic heterocycles. The number of aliphatic hydroxyl groups is 1. The highest BCUT2D eigenvalue weighted by Gasteiger charge is 2.33. The Morgan fingerprint density at radius 1 is 1.02 bits per heavy atom. The number of rotatable bonds is 11. The smallest absolute Gasteiger partial charge is 0.258 e. The summed E-state index contributed by atoms with van der Waals surface area (Å²) in [6.07, 6.45) is 1.85. The first kappa shape index (κ1) is 36.2. The van der Waals surface area contributed by atoms with Crippen LogP contribution in [-0.2, 0) is 24.8 Å². The van der Waals surface area contributed by atoms with Crippen LogP contribution < -0.4 is 21.1 Å². The molecular formula is C41H46N6O5. The maximum Gasteiger partial charge on any atom is 0.258 e. The highest BCUT2D eigenvalue weighted by molar-refractivity contribution is 6.05. The maximum atomic E-state index is 14.0. The van der Waals surface area contributed by atoms with Gasteiger partial charge in [0.15, 0.2) is 0 Å². The van der Waals surface area contributed by atoms with Gasteiger partial charge in [0.2, 0.25) is 5.91 Å². The van der Waals surface area contributed by atoms with E-state index in [1.165, 1.54) is 0 Å². The Hall–Kier alpha value is -5.65. The highest BCUT2D eigenvalue weighted by Crippen LogP contribution is 2.31. The zero-order valence-electron chi connectivity index (χ0n) is 30.0. The van der Waals surface area contributed by atoms with Crippen LogP contribution in [0.25, 0.3) is 10.9 Å². The van der Waals surface area contributed by atoms with Gasteiger partial charge in [0, 0.05) is 61.0 Å². The van der Waals surface area contributed by atoms with E-state index in [1.807, 2.05) is 87.2 Å². The Labute approximate surface area is 304 Å². The first-order valence-corrected chi connectivity index (χ1v) is 17.5. The number of nitrogens with one attached hydrogen (secondary N) is 2. The van der Waals surface area contributed by atoms with E-state index < -0.39 is 6.04 Å². The molecule has 270 valence electrons. The Bertz CT molecular complexity index is 2080. The number of para-hydroxylation sites is 3. The molecule has 11 nitrogen and oxygen atoms in total. The van der Waals surface area contributed by atoms with Crippen LogP contribution >= 0.6 is 0 Å². The molecule has 0 aliphatic carbocycles. The van der Waals surface area contributed by atoms with Gasteiger partial charge >= 0.3 is 0 Å². The van der Waals surface area contributed by atoms with Crippen molar-refractivity contribution < 1.29 is 24.2 Å². The zero-order valence-corrected chi connectivity index (χ0v) is 30.0. The van der Waals surface area contributed by atoms with Crippen LogP contribution in [0.1, 0.15) is 45.7 Å². The molecule has 1 aliphatic rings. The van der Waals surface area contributed by atoms with Gasteiger partial charge in [-0.05, 0) is 73.6 Å². The third kappa shape index (κ3) is 8.11.